The molecule has 0 bridgehead atoms. The molecule has 0 atom stereocenters. The summed E-state index contributed by atoms with van der Waals surface area (Å²) in [6.07, 6.45) is 0.455. The molecule has 4 heteroatoms. The first-order valence-electron chi connectivity index (χ1n) is 4.37. The van der Waals surface area contributed by atoms with Crippen LogP contribution in [-0.2, 0) is 0 Å². The van der Waals surface area contributed by atoms with Crippen LogP contribution >= 0.6 is 0 Å². The topological polar surface area (TPSA) is 63.3 Å². The lowest BCUT2D eigenvalue weighted by Gasteiger charge is -1.98. The maximum Gasteiger partial charge on any atom is 0.338 e. The summed E-state index contributed by atoms with van der Waals surface area (Å²) < 4.78 is 13.4. The minimum Gasteiger partial charge on any atom is -0.478 e. The molecule has 1 aromatic carbocycles. The van der Waals surface area contributed by atoms with Gasteiger partial charge in [0.1, 0.15) is 0 Å². The molecule has 0 aliphatic heterocycles. The quantitative estimate of drug-likeness (QED) is 0.717. The Labute approximate surface area is 86.7 Å². The van der Waals surface area contributed by atoms with E-state index in [0.29, 0.717) is 13.0 Å². The molecule has 0 fully saturated rings. The lowest BCUT2D eigenvalue weighted by atomic mass is 10.1. The summed E-state index contributed by atoms with van der Waals surface area (Å²) >= 11 is 0. The number of rotatable bonds is 2. The predicted molar refractivity (Wildman–Crippen MR) is 53.9 cm³/mol. The fraction of sp³-hybridized carbons (Fsp3) is 0.182. The van der Waals surface area contributed by atoms with Gasteiger partial charge in [-0.2, -0.15) is 0 Å². The van der Waals surface area contributed by atoms with Crippen LogP contribution in [0.25, 0.3) is 0 Å². The molecule has 1 rings (SSSR count). The second-order valence-corrected chi connectivity index (χ2v) is 2.81. The number of halogens is 1. The number of carboxylic acid groups (broad SMARTS) is 1. The highest BCUT2D eigenvalue weighted by Gasteiger charge is 2.11. The Bertz CT molecular complexity index is 432. The number of carbonyl (C=O) groups is 1. The lowest BCUT2D eigenvalue weighted by molar-refractivity contribution is 0.0692. The fourth-order valence-electron chi connectivity index (χ4n) is 1.02. The van der Waals surface area contributed by atoms with E-state index < -0.39 is 11.8 Å². The summed E-state index contributed by atoms with van der Waals surface area (Å²) in [6, 6.07) is 4.09. The highest BCUT2D eigenvalue weighted by molar-refractivity contribution is 5.88. The molecule has 0 saturated heterocycles. The third kappa shape index (κ3) is 2.79. The minimum atomic E-state index is -1.30. The van der Waals surface area contributed by atoms with E-state index >= 15 is 0 Å². The zero-order valence-corrected chi connectivity index (χ0v) is 7.96. The van der Waals surface area contributed by atoms with Gasteiger partial charge in [-0.15, -0.1) is 0 Å². The Morgan fingerprint density at radius 1 is 1.53 bits per heavy atom. The van der Waals surface area contributed by atoms with Crippen LogP contribution in [0.4, 0.5) is 4.39 Å². The highest BCUT2D eigenvalue weighted by atomic mass is 19.1. The Balaban J connectivity index is 3.06. The van der Waals surface area contributed by atoms with Gasteiger partial charge in [-0.3, -0.25) is 0 Å². The van der Waals surface area contributed by atoms with E-state index in [1.165, 1.54) is 18.2 Å². The Kier molecular flexibility index (Phi) is 3.83. The van der Waals surface area contributed by atoms with Crippen LogP contribution < -0.4 is 5.73 Å². The van der Waals surface area contributed by atoms with Crippen LogP contribution in [0, 0.1) is 17.7 Å². The number of hydrogen-bond acceptors (Lipinski definition) is 2. The standard InChI is InChI=1S/C11H10FNO2/c12-10-8(4-1-2-7-13)5-3-6-9(10)11(14)15/h3,5-6H,2,7,13H2,(H,14,15). The molecule has 0 aromatic heterocycles. The Morgan fingerprint density at radius 2 is 2.27 bits per heavy atom. The van der Waals surface area contributed by atoms with E-state index in [0.717, 1.165) is 0 Å². The van der Waals surface area contributed by atoms with Gasteiger partial charge in [0.2, 0.25) is 0 Å². The van der Waals surface area contributed by atoms with Crippen LogP contribution in [0.3, 0.4) is 0 Å². The van der Waals surface area contributed by atoms with Crippen molar-refractivity contribution in [3.63, 3.8) is 0 Å². The lowest BCUT2D eigenvalue weighted by Crippen LogP contribution is -2.02. The summed E-state index contributed by atoms with van der Waals surface area (Å²) in [5, 5.41) is 8.65. The number of hydrogen-bond donors (Lipinski definition) is 2. The fourth-order valence-corrected chi connectivity index (χ4v) is 1.02. The van der Waals surface area contributed by atoms with Gasteiger partial charge in [-0.1, -0.05) is 17.9 Å². The van der Waals surface area contributed by atoms with Gasteiger partial charge in [-0.25, -0.2) is 9.18 Å². The highest BCUT2D eigenvalue weighted by Crippen LogP contribution is 2.11. The molecule has 0 amide bonds. The molecule has 15 heavy (non-hydrogen) atoms. The van der Waals surface area contributed by atoms with E-state index in [4.69, 9.17) is 10.8 Å². The molecule has 78 valence electrons. The Morgan fingerprint density at radius 3 is 2.87 bits per heavy atom. The average molecular weight is 207 g/mol. The third-order valence-corrected chi connectivity index (χ3v) is 1.72. The van der Waals surface area contributed by atoms with Crippen molar-refractivity contribution in [2.45, 2.75) is 6.42 Å². The van der Waals surface area contributed by atoms with E-state index in [1.54, 1.807) is 0 Å². The van der Waals surface area contributed by atoms with Crippen LogP contribution in [0.1, 0.15) is 22.3 Å². The maximum atomic E-state index is 13.4. The molecule has 3 nitrogen and oxygen atoms in total. The van der Waals surface area contributed by atoms with Crippen molar-refractivity contribution in [1.29, 1.82) is 0 Å². The van der Waals surface area contributed by atoms with E-state index in [1.807, 2.05) is 0 Å². The first kappa shape index (κ1) is 11.2. The van der Waals surface area contributed by atoms with Crippen molar-refractivity contribution >= 4 is 5.97 Å². The molecular formula is C11H10FNO2. The van der Waals surface area contributed by atoms with Crippen molar-refractivity contribution in [3.8, 4) is 11.8 Å². The molecule has 0 saturated carbocycles. The normalized spacial score (nSPS) is 9.20. The van der Waals surface area contributed by atoms with Gasteiger partial charge in [0.05, 0.1) is 11.1 Å². The van der Waals surface area contributed by atoms with Crippen LogP contribution in [0.2, 0.25) is 0 Å². The number of carboxylic acids is 1. The molecule has 0 aliphatic rings. The summed E-state index contributed by atoms with van der Waals surface area (Å²) in [7, 11) is 0. The van der Waals surface area contributed by atoms with Crippen LogP contribution in [-0.4, -0.2) is 17.6 Å². The molecular weight excluding hydrogens is 197 g/mol. The largest absolute Gasteiger partial charge is 0.478 e. The van der Waals surface area contributed by atoms with Crippen molar-refractivity contribution in [3.05, 3.63) is 35.1 Å². The van der Waals surface area contributed by atoms with Crippen molar-refractivity contribution in [1.82, 2.24) is 0 Å². The van der Waals surface area contributed by atoms with Gasteiger partial charge in [-0.05, 0) is 12.1 Å². The van der Waals surface area contributed by atoms with Crippen LogP contribution in [0.15, 0.2) is 18.2 Å². The van der Waals surface area contributed by atoms with Gasteiger partial charge < -0.3 is 10.8 Å². The summed E-state index contributed by atoms with van der Waals surface area (Å²) in [5.41, 5.74) is 4.94. The minimum absolute atomic E-state index is 0.0864. The molecule has 0 aliphatic carbocycles. The van der Waals surface area contributed by atoms with E-state index in [2.05, 4.69) is 11.8 Å². The zero-order valence-electron chi connectivity index (χ0n) is 7.96. The summed E-state index contributed by atoms with van der Waals surface area (Å²) in [5.74, 6) is 3.10. The average Bonchev–Trinajstić information content (AvgIpc) is 2.20. The second kappa shape index (κ2) is 5.13. The second-order valence-electron chi connectivity index (χ2n) is 2.81. The Hall–Kier alpha value is -1.86. The van der Waals surface area contributed by atoms with Crippen molar-refractivity contribution < 1.29 is 14.3 Å². The molecule has 0 spiro atoms. The van der Waals surface area contributed by atoms with Gasteiger partial charge >= 0.3 is 5.97 Å². The van der Waals surface area contributed by atoms with Crippen LogP contribution in [0.5, 0.6) is 0 Å². The smallest absolute Gasteiger partial charge is 0.338 e. The predicted octanol–water partition coefficient (Wildman–Crippen LogP) is 1.22. The van der Waals surface area contributed by atoms with Crippen molar-refractivity contribution in [2.24, 2.45) is 5.73 Å². The molecule has 3 N–H and O–H groups in total. The van der Waals surface area contributed by atoms with Gasteiger partial charge in [0.25, 0.3) is 0 Å². The first-order valence-corrected chi connectivity index (χ1v) is 4.37. The summed E-state index contributed by atoms with van der Waals surface area (Å²) in [6.45, 7) is 0.396. The number of benzene rings is 1. The SMILES string of the molecule is NCCC#Cc1cccc(C(=O)O)c1F. The van der Waals surface area contributed by atoms with E-state index in [-0.39, 0.29) is 11.1 Å². The molecule has 0 radical (unpaired) electrons. The summed E-state index contributed by atoms with van der Waals surface area (Å²) in [4.78, 5) is 10.6. The molecule has 0 unspecified atom stereocenters. The molecule has 0 heterocycles. The van der Waals surface area contributed by atoms with Gasteiger partial charge in [0.15, 0.2) is 5.82 Å². The first-order chi connectivity index (χ1) is 7.16. The van der Waals surface area contributed by atoms with Gasteiger partial charge in [0, 0.05) is 13.0 Å². The van der Waals surface area contributed by atoms with E-state index in [9.17, 15) is 9.18 Å². The third-order valence-electron chi connectivity index (χ3n) is 1.72. The zero-order chi connectivity index (χ0) is 11.3. The monoisotopic (exact) mass is 207 g/mol. The maximum absolute atomic E-state index is 13.4. The number of nitrogens with two attached hydrogens (primary N) is 1. The molecule has 1 aromatic rings. The van der Waals surface area contributed by atoms with Crippen molar-refractivity contribution in [2.75, 3.05) is 6.54 Å². The number of aromatic carboxylic acids is 1.